The summed E-state index contributed by atoms with van der Waals surface area (Å²) in [4.78, 5) is 22.0. The third kappa shape index (κ3) is 4.85. The number of Topliss-reactive ketones (excluding diaryl/α,β-unsaturated/α-hetero) is 1. The first kappa shape index (κ1) is 19.2. The predicted octanol–water partition coefficient (Wildman–Crippen LogP) is 4.54. The van der Waals surface area contributed by atoms with Crippen LogP contribution in [0, 0.1) is 0 Å². The van der Waals surface area contributed by atoms with Crippen LogP contribution in [0.1, 0.15) is 32.9 Å². The molecule has 4 aromatic rings. The van der Waals surface area contributed by atoms with E-state index < -0.39 is 0 Å². The number of benzene rings is 2. The number of nitrogens with zero attached hydrogens (tertiary/aromatic N) is 2. The Morgan fingerprint density at radius 1 is 1.03 bits per heavy atom. The Labute approximate surface area is 173 Å². The Morgan fingerprint density at radius 2 is 1.93 bits per heavy atom. The number of aromatic nitrogens is 2. The molecule has 0 amide bonds. The molecular formula is C23H21N3O2S. The van der Waals surface area contributed by atoms with Crippen LogP contribution in [0.3, 0.4) is 0 Å². The molecule has 0 unspecified atom stereocenters. The number of ketones is 1. The van der Waals surface area contributed by atoms with E-state index in [1.165, 1.54) is 21.3 Å². The van der Waals surface area contributed by atoms with Gasteiger partial charge in [-0.25, -0.2) is 9.97 Å². The van der Waals surface area contributed by atoms with Crippen molar-refractivity contribution >= 4 is 27.2 Å². The first-order chi connectivity index (χ1) is 14.2. The Bertz CT molecular complexity index is 1110. The highest BCUT2D eigenvalue weighted by atomic mass is 32.1. The fourth-order valence-corrected chi connectivity index (χ4v) is 4.16. The van der Waals surface area contributed by atoms with Gasteiger partial charge < -0.3 is 10.5 Å². The maximum atomic E-state index is 12.7. The molecular weight excluding hydrogens is 382 g/mol. The summed E-state index contributed by atoms with van der Waals surface area (Å²) in [6.45, 7) is 0.668. The molecule has 29 heavy (non-hydrogen) atoms. The van der Waals surface area contributed by atoms with Crippen LogP contribution in [-0.4, -0.2) is 15.8 Å². The van der Waals surface area contributed by atoms with Crippen molar-refractivity contribution in [3.8, 4) is 5.88 Å². The predicted molar refractivity (Wildman–Crippen MR) is 115 cm³/mol. The number of fused-ring (bicyclic) bond motifs is 1. The van der Waals surface area contributed by atoms with Crippen LogP contribution in [0.5, 0.6) is 5.88 Å². The minimum absolute atomic E-state index is 0.136. The summed E-state index contributed by atoms with van der Waals surface area (Å²) in [5, 5.41) is 1.24. The van der Waals surface area contributed by atoms with Crippen LogP contribution >= 0.6 is 11.3 Å². The Balaban J connectivity index is 1.37. The lowest BCUT2D eigenvalue weighted by Gasteiger charge is -2.07. The minimum atomic E-state index is 0.136. The van der Waals surface area contributed by atoms with E-state index >= 15 is 0 Å². The van der Waals surface area contributed by atoms with Crippen LogP contribution < -0.4 is 10.5 Å². The van der Waals surface area contributed by atoms with Crippen LogP contribution in [0.2, 0.25) is 0 Å². The van der Waals surface area contributed by atoms with Crippen molar-refractivity contribution in [3.05, 3.63) is 88.7 Å². The molecule has 0 spiro atoms. The summed E-state index contributed by atoms with van der Waals surface area (Å²) in [5.74, 6) is 0.610. The van der Waals surface area contributed by atoms with Gasteiger partial charge in [0.1, 0.15) is 12.9 Å². The molecule has 0 saturated heterocycles. The lowest BCUT2D eigenvalue weighted by Crippen LogP contribution is -2.04. The first-order valence-electron chi connectivity index (χ1n) is 9.44. The Kier molecular flexibility index (Phi) is 5.93. The van der Waals surface area contributed by atoms with Gasteiger partial charge in [0.15, 0.2) is 5.78 Å². The van der Waals surface area contributed by atoms with Crippen LogP contribution in [0.25, 0.3) is 10.1 Å². The van der Waals surface area contributed by atoms with Crippen molar-refractivity contribution < 1.29 is 9.53 Å². The second kappa shape index (κ2) is 8.94. The molecule has 4 rings (SSSR count). The van der Waals surface area contributed by atoms with Gasteiger partial charge in [0.2, 0.25) is 5.88 Å². The highest BCUT2D eigenvalue weighted by Gasteiger charge is 2.09. The highest BCUT2D eigenvalue weighted by Crippen LogP contribution is 2.26. The van der Waals surface area contributed by atoms with E-state index in [2.05, 4.69) is 28.2 Å². The van der Waals surface area contributed by atoms with Crippen molar-refractivity contribution in [2.45, 2.75) is 26.0 Å². The smallest absolute Gasteiger partial charge is 0.216 e. The SMILES string of the molecule is NCc1cc(OCc2cccc(C(=O)CCc3cc4ccccc4s3)c2)ncn1. The lowest BCUT2D eigenvalue weighted by molar-refractivity contribution is 0.0983. The molecule has 146 valence electrons. The van der Waals surface area contributed by atoms with Gasteiger partial charge in [-0.15, -0.1) is 11.3 Å². The normalized spacial score (nSPS) is 10.9. The van der Waals surface area contributed by atoms with Crippen molar-refractivity contribution in [2.75, 3.05) is 0 Å². The first-order valence-corrected chi connectivity index (χ1v) is 10.3. The van der Waals surface area contributed by atoms with Gasteiger partial charge in [0, 0.05) is 34.2 Å². The molecule has 0 atom stereocenters. The Hall–Kier alpha value is -3.09. The van der Waals surface area contributed by atoms with E-state index in [0.29, 0.717) is 31.0 Å². The lowest BCUT2D eigenvalue weighted by atomic mass is 10.0. The van der Waals surface area contributed by atoms with E-state index in [9.17, 15) is 4.79 Å². The van der Waals surface area contributed by atoms with Crippen molar-refractivity contribution in [3.63, 3.8) is 0 Å². The third-order valence-corrected chi connectivity index (χ3v) is 5.79. The fourth-order valence-electron chi connectivity index (χ4n) is 3.10. The molecule has 2 heterocycles. The second-order valence-corrected chi connectivity index (χ2v) is 7.88. The summed E-state index contributed by atoms with van der Waals surface area (Å²) in [6, 6.07) is 19.8. The van der Waals surface area contributed by atoms with E-state index in [1.807, 2.05) is 36.4 Å². The molecule has 0 saturated carbocycles. The number of hydrogen-bond acceptors (Lipinski definition) is 6. The monoisotopic (exact) mass is 403 g/mol. The van der Waals surface area contributed by atoms with Gasteiger partial charge in [-0.1, -0.05) is 36.4 Å². The van der Waals surface area contributed by atoms with Crippen molar-refractivity contribution in [1.29, 1.82) is 0 Å². The van der Waals surface area contributed by atoms with Gasteiger partial charge in [-0.2, -0.15) is 0 Å². The number of carbonyl (C=O) groups excluding carboxylic acids is 1. The average molecular weight is 404 g/mol. The molecule has 2 N–H and O–H groups in total. The number of carbonyl (C=O) groups is 1. The number of rotatable bonds is 8. The molecule has 0 aliphatic rings. The van der Waals surface area contributed by atoms with Crippen molar-refractivity contribution in [2.24, 2.45) is 5.73 Å². The van der Waals surface area contributed by atoms with E-state index in [0.717, 1.165) is 17.7 Å². The minimum Gasteiger partial charge on any atom is -0.473 e. The molecule has 0 bridgehead atoms. The number of ether oxygens (including phenoxy) is 1. The Morgan fingerprint density at radius 3 is 2.79 bits per heavy atom. The summed E-state index contributed by atoms with van der Waals surface area (Å²) in [6.07, 6.45) is 2.68. The fraction of sp³-hybridized carbons (Fsp3) is 0.174. The van der Waals surface area contributed by atoms with E-state index in [-0.39, 0.29) is 5.78 Å². The molecule has 2 aromatic carbocycles. The van der Waals surface area contributed by atoms with Crippen LogP contribution in [0.4, 0.5) is 0 Å². The highest BCUT2D eigenvalue weighted by molar-refractivity contribution is 7.19. The zero-order chi connectivity index (χ0) is 20.1. The summed E-state index contributed by atoms with van der Waals surface area (Å²) in [5.41, 5.74) is 7.94. The van der Waals surface area contributed by atoms with Crippen molar-refractivity contribution in [1.82, 2.24) is 9.97 Å². The summed E-state index contributed by atoms with van der Waals surface area (Å²) >= 11 is 1.75. The third-order valence-electron chi connectivity index (χ3n) is 4.62. The topological polar surface area (TPSA) is 78.1 Å². The van der Waals surface area contributed by atoms with Gasteiger partial charge in [0.25, 0.3) is 0 Å². The van der Waals surface area contributed by atoms with E-state index in [1.54, 1.807) is 17.4 Å². The van der Waals surface area contributed by atoms with Gasteiger partial charge in [0.05, 0.1) is 5.69 Å². The zero-order valence-corrected chi connectivity index (χ0v) is 16.7. The number of thiophene rings is 1. The summed E-state index contributed by atoms with van der Waals surface area (Å²) in [7, 11) is 0. The number of aryl methyl sites for hydroxylation is 1. The average Bonchev–Trinajstić information content (AvgIpc) is 3.19. The molecule has 6 heteroatoms. The largest absolute Gasteiger partial charge is 0.473 e. The number of nitrogens with two attached hydrogens (primary N) is 1. The molecule has 0 aliphatic heterocycles. The van der Waals surface area contributed by atoms with Gasteiger partial charge in [-0.3, -0.25) is 4.79 Å². The maximum Gasteiger partial charge on any atom is 0.216 e. The van der Waals surface area contributed by atoms with Gasteiger partial charge in [-0.05, 0) is 35.6 Å². The molecule has 0 fully saturated rings. The van der Waals surface area contributed by atoms with E-state index in [4.69, 9.17) is 10.5 Å². The van der Waals surface area contributed by atoms with Gasteiger partial charge >= 0.3 is 0 Å². The second-order valence-electron chi connectivity index (χ2n) is 6.71. The quantitative estimate of drug-likeness (QED) is 0.437. The molecule has 0 aliphatic carbocycles. The number of hydrogen-bond donors (Lipinski definition) is 1. The van der Waals surface area contributed by atoms with Crippen LogP contribution in [-0.2, 0) is 19.6 Å². The zero-order valence-electron chi connectivity index (χ0n) is 15.9. The molecule has 5 nitrogen and oxygen atoms in total. The van der Waals surface area contributed by atoms with Crippen LogP contribution in [0.15, 0.2) is 67.0 Å². The maximum absolute atomic E-state index is 12.7. The molecule has 2 aromatic heterocycles. The molecule has 0 radical (unpaired) electrons. The standard InChI is InChI=1S/C23H21N3O2S/c24-13-19-12-23(26-15-25-19)28-14-16-4-3-6-17(10-16)21(27)9-8-20-11-18-5-1-2-7-22(18)29-20/h1-7,10-12,15H,8-9,13-14,24H2. The summed E-state index contributed by atoms with van der Waals surface area (Å²) < 4.78 is 6.98.